The van der Waals surface area contributed by atoms with Gasteiger partial charge < -0.3 is 5.32 Å². The summed E-state index contributed by atoms with van der Waals surface area (Å²) >= 11 is 0. The molecule has 0 aliphatic carbocycles. The highest BCUT2D eigenvalue weighted by atomic mass is 32.2. The molecule has 0 aromatic heterocycles. The van der Waals surface area contributed by atoms with Gasteiger partial charge in [0.05, 0.1) is 4.75 Å². The molecule has 0 saturated carbocycles. The number of hydrogen-bond acceptors (Lipinski definition) is 3. The van der Waals surface area contributed by atoms with Crippen LogP contribution in [0.15, 0.2) is 0 Å². The lowest BCUT2D eigenvalue weighted by Gasteiger charge is -2.28. The molecule has 13 heavy (non-hydrogen) atoms. The zero-order valence-corrected chi connectivity index (χ0v) is 9.32. The maximum Gasteiger partial charge on any atom is 0.220 e. The summed E-state index contributed by atoms with van der Waals surface area (Å²) in [4.78, 5) is 0. The first-order valence-corrected chi connectivity index (χ1v) is 6.06. The second-order valence-corrected chi connectivity index (χ2v) is 6.50. The Labute approximate surface area is 80.4 Å². The van der Waals surface area contributed by atoms with Crippen LogP contribution in [0.1, 0.15) is 20.8 Å². The largest absolute Gasteiger partial charge is 0.314 e. The minimum Gasteiger partial charge on any atom is -0.314 e. The molecule has 1 aliphatic heterocycles. The number of hydrogen-bond donors (Lipinski definition) is 1. The van der Waals surface area contributed by atoms with Gasteiger partial charge in [0, 0.05) is 26.2 Å². The van der Waals surface area contributed by atoms with Gasteiger partial charge in [-0.15, -0.1) is 0 Å². The summed E-state index contributed by atoms with van der Waals surface area (Å²) in [7, 11) is -3.12. The van der Waals surface area contributed by atoms with E-state index in [4.69, 9.17) is 0 Å². The van der Waals surface area contributed by atoms with Crippen molar-refractivity contribution in [2.45, 2.75) is 25.5 Å². The van der Waals surface area contributed by atoms with E-state index >= 15 is 0 Å². The molecule has 1 N–H and O–H groups in total. The van der Waals surface area contributed by atoms with Gasteiger partial charge in [0.25, 0.3) is 0 Å². The van der Waals surface area contributed by atoms with Crippen LogP contribution in [0.2, 0.25) is 0 Å². The minimum absolute atomic E-state index is 0.534. The van der Waals surface area contributed by atoms with E-state index in [1.807, 2.05) is 6.92 Å². The van der Waals surface area contributed by atoms with Gasteiger partial charge in [-0.3, -0.25) is 0 Å². The van der Waals surface area contributed by atoms with Crippen LogP contribution in [-0.4, -0.2) is 43.6 Å². The normalized spacial score (nSPS) is 28.2. The molecule has 0 unspecified atom stereocenters. The first kappa shape index (κ1) is 10.9. The number of likely N-dealkylation sites (N-methyl/N-ethyl adjacent to an activating group) is 1. The Hall–Kier alpha value is -0.130. The molecule has 0 spiro atoms. The zero-order chi connectivity index (χ0) is 10.1. The molecule has 0 amide bonds. The minimum atomic E-state index is -3.12. The van der Waals surface area contributed by atoms with Crippen molar-refractivity contribution in [3.05, 3.63) is 0 Å². The smallest absolute Gasteiger partial charge is 0.220 e. The first-order chi connectivity index (χ1) is 5.92. The summed E-state index contributed by atoms with van der Waals surface area (Å²) in [5.74, 6) is 0. The molecule has 1 heterocycles. The van der Waals surface area contributed by atoms with E-state index in [0.717, 1.165) is 6.54 Å². The zero-order valence-electron chi connectivity index (χ0n) is 8.50. The number of nitrogens with zero attached hydrogens (tertiary/aromatic N) is 1. The highest BCUT2D eigenvalue weighted by Gasteiger charge is 2.39. The van der Waals surface area contributed by atoms with Crippen molar-refractivity contribution in [1.82, 2.24) is 9.62 Å². The summed E-state index contributed by atoms with van der Waals surface area (Å²) in [5.41, 5.74) is 0. The molecule has 1 saturated heterocycles. The van der Waals surface area contributed by atoms with Gasteiger partial charge in [0.1, 0.15) is 0 Å². The Morgan fingerprint density at radius 3 is 2.62 bits per heavy atom. The van der Waals surface area contributed by atoms with Crippen molar-refractivity contribution in [2.75, 3.05) is 26.2 Å². The van der Waals surface area contributed by atoms with E-state index in [-0.39, 0.29) is 0 Å². The van der Waals surface area contributed by atoms with Crippen LogP contribution in [0, 0.1) is 0 Å². The lowest BCUT2D eigenvalue weighted by atomic mass is 10.2. The lowest BCUT2D eigenvalue weighted by molar-refractivity contribution is 0.428. The lowest BCUT2D eigenvalue weighted by Crippen LogP contribution is -2.46. The van der Waals surface area contributed by atoms with Gasteiger partial charge in [-0.05, 0) is 13.8 Å². The third-order valence-corrected chi connectivity index (χ3v) is 5.14. The average molecular weight is 206 g/mol. The summed E-state index contributed by atoms with van der Waals surface area (Å²) in [6.45, 7) is 7.84. The summed E-state index contributed by atoms with van der Waals surface area (Å²) in [6.07, 6.45) is 0. The highest BCUT2D eigenvalue weighted by Crippen LogP contribution is 2.21. The van der Waals surface area contributed by atoms with E-state index in [9.17, 15) is 8.42 Å². The van der Waals surface area contributed by atoms with Crippen molar-refractivity contribution in [1.29, 1.82) is 0 Å². The average Bonchev–Trinajstić information content (AvgIpc) is 2.11. The Bertz CT molecular complexity index is 272. The van der Waals surface area contributed by atoms with Gasteiger partial charge in [-0.25, -0.2) is 12.7 Å². The van der Waals surface area contributed by atoms with Crippen LogP contribution in [-0.2, 0) is 10.0 Å². The molecule has 1 aliphatic rings. The first-order valence-electron chi connectivity index (χ1n) is 4.62. The van der Waals surface area contributed by atoms with Gasteiger partial charge in [0.15, 0.2) is 0 Å². The van der Waals surface area contributed by atoms with Crippen LogP contribution in [0.5, 0.6) is 0 Å². The van der Waals surface area contributed by atoms with Crippen LogP contribution >= 0.6 is 0 Å². The van der Waals surface area contributed by atoms with Crippen molar-refractivity contribution in [2.24, 2.45) is 0 Å². The Morgan fingerprint density at radius 1 is 1.46 bits per heavy atom. The van der Waals surface area contributed by atoms with Gasteiger partial charge in [-0.2, -0.15) is 0 Å². The van der Waals surface area contributed by atoms with Gasteiger partial charge in [0.2, 0.25) is 10.0 Å². The number of sulfonamides is 1. The van der Waals surface area contributed by atoms with Crippen LogP contribution in [0.3, 0.4) is 0 Å². The molecular weight excluding hydrogens is 188 g/mol. The molecule has 0 aromatic rings. The summed E-state index contributed by atoms with van der Waals surface area (Å²) in [5, 5.41) is 3.14. The standard InChI is InChI=1S/C8H18N2O2S/c1-4-10-6-5-9-7-8(2,3)13(10,11)12/h9H,4-7H2,1-3H3. The van der Waals surface area contributed by atoms with Gasteiger partial charge in [-0.1, -0.05) is 6.92 Å². The van der Waals surface area contributed by atoms with Crippen molar-refractivity contribution in [3.8, 4) is 0 Å². The fourth-order valence-electron chi connectivity index (χ4n) is 1.48. The fraction of sp³-hybridized carbons (Fsp3) is 1.00. The predicted octanol–water partition coefficient (Wildman–Crippen LogP) is 0.0199. The SMILES string of the molecule is CCN1CCNCC(C)(C)S1(=O)=O. The number of rotatable bonds is 1. The molecule has 78 valence electrons. The molecule has 4 nitrogen and oxygen atoms in total. The number of nitrogens with one attached hydrogen (secondary N) is 1. The predicted molar refractivity (Wildman–Crippen MR) is 53.1 cm³/mol. The molecule has 0 bridgehead atoms. The third-order valence-electron chi connectivity index (χ3n) is 2.48. The maximum absolute atomic E-state index is 12.0. The monoisotopic (exact) mass is 206 g/mol. The van der Waals surface area contributed by atoms with Crippen LogP contribution in [0.4, 0.5) is 0 Å². The van der Waals surface area contributed by atoms with E-state index in [1.165, 1.54) is 0 Å². The molecule has 0 aromatic carbocycles. The second-order valence-electron chi connectivity index (χ2n) is 3.93. The Morgan fingerprint density at radius 2 is 2.08 bits per heavy atom. The van der Waals surface area contributed by atoms with Crippen molar-refractivity contribution < 1.29 is 8.42 Å². The molecule has 0 radical (unpaired) electrons. The van der Waals surface area contributed by atoms with E-state index in [2.05, 4.69) is 5.32 Å². The van der Waals surface area contributed by atoms with Crippen LogP contribution in [0.25, 0.3) is 0 Å². The van der Waals surface area contributed by atoms with E-state index in [0.29, 0.717) is 19.6 Å². The summed E-state index contributed by atoms with van der Waals surface area (Å²) < 4.78 is 24.8. The second kappa shape index (κ2) is 3.55. The topological polar surface area (TPSA) is 49.4 Å². The Kier molecular flexibility index (Phi) is 2.99. The molecular formula is C8H18N2O2S. The quantitative estimate of drug-likeness (QED) is 0.658. The molecule has 0 atom stereocenters. The third kappa shape index (κ3) is 1.87. The van der Waals surface area contributed by atoms with E-state index in [1.54, 1.807) is 18.2 Å². The van der Waals surface area contributed by atoms with E-state index < -0.39 is 14.8 Å². The maximum atomic E-state index is 12.0. The molecule has 5 heteroatoms. The van der Waals surface area contributed by atoms with Crippen LogP contribution < -0.4 is 5.32 Å². The molecule has 1 rings (SSSR count). The van der Waals surface area contributed by atoms with Gasteiger partial charge >= 0.3 is 0 Å². The highest BCUT2D eigenvalue weighted by molar-refractivity contribution is 7.90. The fourth-order valence-corrected chi connectivity index (χ4v) is 3.14. The Balaban J connectivity index is 3.03. The van der Waals surface area contributed by atoms with Crippen molar-refractivity contribution in [3.63, 3.8) is 0 Å². The summed E-state index contributed by atoms with van der Waals surface area (Å²) in [6, 6.07) is 0. The molecule has 1 fully saturated rings. The van der Waals surface area contributed by atoms with Crippen molar-refractivity contribution >= 4 is 10.0 Å².